The highest BCUT2D eigenvalue weighted by Gasteiger charge is 2.26. The van der Waals surface area contributed by atoms with Gasteiger partial charge in [-0.05, 0) is 82.4 Å². The number of halogens is 1. The fraction of sp³-hybridized carbons (Fsp3) is 0.704. The van der Waals surface area contributed by atoms with Crippen molar-refractivity contribution in [3.05, 3.63) is 23.5 Å². The molecule has 3 fully saturated rings. The van der Waals surface area contributed by atoms with Gasteiger partial charge in [-0.2, -0.15) is 0 Å². The normalized spacial score (nSPS) is 26.2. The molecule has 1 amide bonds. The van der Waals surface area contributed by atoms with Crippen molar-refractivity contribution < 1.29 is 18.4 Å². The second-order valence-corrected chi connectivity index (χ2v) is 10.7. The predicted octanol–water partition coefficient (Wildman–Crippen LogP) is 4.42. The Morgan fingerprint density at radius 3 is 2.66 bits per heavy atom. The van der Waals surface area contributed by atoms with Crippen molar-refractivity contribution in [2.45, 2.75) is 76.9 Å². The number of hydrogen-bond donors (Lipinski definition) is 1. The van der Waals surface area contributed by atoms with E-state index >= 15 is 0 Å². The van der Waals surface area contributed by atoms with Gasteiger partial charge in [0.2, 0.25) is 5.91 Å². The van der Waals surface area contributed by atoms with Crippen LogP contribution in [0.3, 0.4) is 0 Å². The van der Waals surface area contributed by atoms with Gasteiger partial charge in [0.05, 0.1) is 17.9 Å². The van der Waals surface area contributed by atoms with Crippen LogP contribution in [0.25, 0.3) is 11.0 Å². The molecule has 0 bridgehead atoms. The van der Waals surface area contributed by atoms with E-state index in [1.165, 1.54) is 31.7 Å². The van der Waals surface area contributed by atoms with Crippen LogP contribution in [-0.4, -0.2) is 67.4 Å². The summed E-state index contributed by atoms with van der Waals surface area (Å²) >= 11 is 0. The minimum Gasteiger partial charge on any atom is -0.378 e. The number of aromatic nitrogens is 1. The SMILES string of the molecule is Cc1cc2c(N3CCN(CCC4CCC(NC(=O)CC5CCCCO5)CC4)CC3)noc2cc1F. The predicted molar refractivity (Wildman–Crippen MR) is 134 cm³/mol. The average molecular weight is 487 g/mol. The zero-order chi connectivity index (χ0) is 24.2. The van der Waals surface area contributed by atoms with Crippen LogP contribution in [0.15, 0.2) is 16.7 Å². The van der Waals surface area contributed by atoms with E-state index < -0.39 is 0 Å². The molecule has 2 aliphatic heterocycles. The van der Waals surface area contributed by atoms with Crippen molar-refractivity contribution in [2.24, 2.45) is 5.92 Å². The van der Waals surface area contributed by atoms with Crippen LogP contribution in [-0.2, 0) is 9.53 Å². The number of nitrogens with zero attached hydrogens (tertiary/aromatic N) is 3. The maximum atomic E-state index is 13.8. The second-order valence-electron chi connectivity index (χ2n) is 10.7. The number of hydrogen-bond acceptors (Lipinski definition) is 6. The Morgan fingerprint density at radius 2 is 1.91 bits per heavy atom. The summed E-state index contributed by atoms with van der Waals surface area (Å²) in [5, 5.41) is 8.39. The summed E-state index contributed by atoms with van der Waals surface area (Å²) < 4.78 is 24.9. The zero-order valence-electron chi connectivity index (χ0n) is 20.9. The topological polar surface area (TPSA) is 70.8 Å². The quantitative estimate of drug-likeness (QED) is 0.625. The number of carbonyl (C=O) groups is 1. The van der Waals surface area contributed by atoms with Crippen LogP contribution in [0, 0.1) is 18.7 Å². The molecule has 0 spiro atoms. The van der Waals surface area contributed by atoms with Gasteiger partial charge in [-0.15, -0.1) is 0 Å². The number of rotatable bonds is 7. The van der Waals surface area contributed by atoms with E-state index in [2.05, 4.69) is 20.3 Å². The van der Waals surface area contributed by atoms with Crippen LogP contribution in [0.5, 0.6) is 0 Å². The van der Waals surface area contributed by atoms with Crippen molar-refractivity contribution in [3.63, 3.8) is 0 Å². The standard InChI is InChI=1S/C27H39FN4O3/c1-19-16-23-25(18-24(19)28)35-30-27(23)32-13-11-31(12-14-32)10-9-20-5-7-21(8-6-20)29-26(33)17-22-4-2-3-15-34-22/h16,18,20-22H,2-15,17H2,1H3,(H,29,33). The number of amides is 1. The van der Waals surface area contributed by atoms with Crippen molar-refractivity contribution in [3.8, 4) is 0 Å². The van der Waals surface area contributed by atoms with Gasteiger partial charge in [0.25, 0.3) is 0 Å². The van der Waals surface area contributed by atoms with Crippen LogP contribution in [0.4, 0.5) is 10.2 Å². The largest absolute Gasteiger partial charge is 0.378 e. The molecule has 3 heterocycles. The average Bonchev–Trinajstić information content (AvgIpc) is 3.27. The number of benzene rings is 1. The van der Waals surface area contributed by atoms with E-state index in [9.17, 15) is 9.18 Å². The molecular weight excluding hydrogens is 447 g/mol. The molecular formula is C27H39FN4O3. The zero-order valence-corrected chi connectivity index (χ0v) is 20.9. The van der Waals surface area contributed by atoms with Crippen molar-refractivity contribution >= 4 is 22.7 Å². The molecule has 1 aromatic heterocycles. The lowest BCUT2D eigenvalue weighted by molar-refractivity contribution is -0.125. The molecule has 2 saturated heterocycles. The summed E-state index contributed by atoms with van der Waals surface area (Å²) in [6.07, 6.45) is 9.77. The number of piperazine rings is 1. The lowest BCUT2D eigenvalue weighted by Gasteiger charge is -2.36. The van der Waals surface area contributed by atoms with Gasteiger partial charge in [-0.3, -0.25) is 9.69 Å². The molecule has 1 saturated carbocycles. The molecule has 7 nitrogen and oxygen atoms in total. The minimum absolute atomic E-state index is 0.121. The van der Waals surface area contributed by atoms with Gasteiger partial charge < -0.3 is 19.5 Å². The maximum Gasteiger partial charge on any atom is 0.222 e. The molecule has 1 unspecified atom stereocenters. The van der Waals surface area contributed by atoms with E-state index in [-0.39, 0.29) is 17.8 Å². The molecule has 1 aliphatic carbocycles. The highest BCUT2D eigenvalue weighted by atomic mass is 19.1. The van der Waals surface area contributed by atoms with Crippen LogP contribution < -0.4 is 10.2 Å². The monoisotopic (exact) mass is 486 g/mol. The summed E-state index contributed by atoms with van der Waals surface area (Å²) in [4.78, 5) is 17.2. The number of anilines is 1. The Hall–Kier alpha value is -2.19. The Morgan fingerprint density at radius 1 is 1.11 bits per heavy atom. The Bertz CT molecular complexity index is 990. The number of fused-ring (bicyclic) bond motifs is 1. The summed E-state index contributed by atoms with van der Waals surface area (Å²) in [5.74, 6) is 1.49. The summed E-state index contributed by atoms with van der Waals surface area (Å²) in [7, 11) is 0. The van der Waals surface area contributed by atoms with Gasteiger partial charge in [-0.1, -0.05) is 5.16 Å². The fourth-order valence-corrected chi connectivity index (χ4v) is 5.89. The summed E-state index contributed by atoms with van der Waals surface area (Å²) in [6, 6.07) is 3.61. The molecule has 5 rings (SSSR count). The Labute approximate surface area is 207 Å². The lowest BCUT2D eigenvalue weighted by atomic mass is 9.84. The Balaban J connectivity index is 1.00. The number of ether oxygens (including phenoxy) is 1. The van der Waals surface area contributed by atoms with E-state index in [1.54, 1.807) is 6.92 Å². The smallest absolute Gasteiger partial charge is 0.222 e. The van der Waals surface area contributed by atoms with Gasteiger partial charge in [0, 0.05) is 44.9 Å². The highest BCUT2D eigenvalue weighted by molar-refractivity contribution is 5.89. The summed E-state index contributed by atoms with van der Waals surface area (Å²) in [6.45, 7) is 7.52. The third kappa shape index (κ3) is 6.15. The van der Waals surface area contributed by atoms with Crippen LogP contribution in [0.1, 0.15) is 63.4 Å². The third-order valence-corrected chi connectivity index (χ3v) is 8.16. The molecule has 1 atom stereocenters. The van der Waals surface area contributed by atoms with Gasteiger partial charge in [-0.25, -0.2) is 4.39 Å². The van der Waals surface area contributed by atoms with E-state index in [1.807, 2.05) is 6.07 Å². The second kappa shape index (κ2) is 11.2. The first-order chi connectivity index (χ1) is 17.0. The molecule has 3 aliphatic rings. The van der Waals surface area contributed by atoms with Crippen molar-refractivity contribution in [2.75, 3.05) is 44.2 Å². The van der Waals surface area contributed by atoms with E-state index in [0.29, 0.717) is 23.6 Å². The van der Waals surface area contributed by atoms with Crippen LogP contribution >= 0.6 is 0 Å². The van der Waals surface area contributed by atoms with Crippen molar-refractivity contribution in [1.29, 1.82) is 0 Å². The fourth-order valence-electron chi connectivity index (χ4n) is 5.89. The van der Waals surface area contributed by atoms with Gasteiger partial charge in [0.1, 0.15) is 5.82 Å². The molecule has 8 heteroatoms. The third-order valence-electron chi connectivity index (χ3n) is 8.16. The number of nitrogens with one attached hydrogen (secondary N) is 1. The molecule has 0 radical (unpaired) electrons. The van der Waals surface area contributed by atoms with Crippen LogP contribution in [0.2, 0.25) is 0 Å². The first-order valence-electron chi connectivity index (χ1n) is 13.5. The molecule has 1 N–H and O–H groups in total. The van der Waals surface area contributed by atoms with E-state index in [0.717, 1.165) is 82.1 Å². The van der Waals surface area contributed by atoms with Crippen molar-refractivity contribution in [1.82, 2.24) is 15.4 Å². The molecule has 2 aromatic rings. The minimum atomic E-state index is -0.254. The van der Waals surface area contributed by atoms with Gasteiger partial charge >= 0.3 is 0 Å². The first-order valence-corrected chi connectivity index (χ1v) is 13.5. The van der Waals surface area contributed by atoms with E-state index in [4.69, 9.17) is 9.26 Å². The Kier molecular flexibility index (Phi) is 7.88. The maximum absolute atomic E-state index is 13.8. The lowest BCUT2D eigenvalue weighted by Crippen LogP contribution is -2.47. The molecule has 1 aromatic carbocycles. The molecule has 192 valence electrons. The highest BCUT2D eigenvalue weighted by Crippen LogP contribution is 2.30. The summed E-state index contributed by atoms with van der Waals surface area (Å²) in [5.41, 5.74) is 1.13. The van der Waals surface area contributed by atoms with Gasteiger partial charge in [0.15, 0.2) is 11.4 Å². The number of carbonyl (C=O) groups excluding carboxylic acids is 1. The molecule has 35 heavy (non-hydrogen) atoms. The number of aryl methyl sites for hydroxylation is 1. The first kappa shape index (κ1) is 24.5.